The number of carbonyl (C=O) groups excluding carboxylic acids is 1. The number of nitrogens with zero attached hydrogens (tertiary/aromatic N) is 1. The highest BCUT2D eigenvalue weighted by Gasteiger charge is 2.49. The maximum Gasteiger partial charge on any atom is 0.314 e. The number of aliphatic hydroxyl groups is 1. The summed E-state index contributed by atoms with van der Waals surface area (Å²) >= 11 is 0. The zero-order valence-electron chi connectivity index (χ0n) is 17.2. The number of allylic oxidation sites excluding steroid dienone is 1. The Morgan fingerprint density at radius 3 is 2.15 bits per heavy atom. The third-order valence-corrected chi connectivity index (χ3v) is 6.19. The number of anilines is 1. The molecule has 0 aliphatic carbocycles. The molecule has 2 aliphatic rings. The Kier molecular flexibility index (Phi) is 5.90. The summed E-state index contributed by atoms with van der Waals surface area (Å²) in [4.78, 5) is 13.9. The van der Waals surface area contributed by atoms with Crippen LogP contribution in [-0.2, 0) is 5.92 Å². The fraction of sp³-hybridized carbons (Fsp3) is 0.348. The van der Waals surface area contributed by atoms with Crippen molar-refractivity contribution in [3.05, 3.63) is 77.0 Å². The summed E-state index contributed by atoms with van der Waals surface area (Å²) in [5.41, 5.74) is -2.55. The van der Waals surface area contributed by atoms with E-state index in [0.717, 1.165) is 6.07 Å². The number of amides is 1. The van der Waals surface area contributed by atoms with Crippen LogP contribution in [-0.4, -0.2) is 34.1 Å². The lowest BCUT2D eigenvalue weighted by molar-refractivity contribution is -0.0280. The summed E-state index contributed by atoms with van der Waals surface area (Å²) in [6.07, 6.45) is 1.23. The lowest BCUT2D eigenvalue weighted by atomic mass is 9.95. The second kappa shape index (κ2) is 8.40. The van der Waals surface area contributed by atoms with E-state index in [1.54, 1.807) is 0 Å². The number of carbonyl (C=O) groups is 1. The summed E-state index contributed by atoms with van der Waals surface area (Å²) in [5, 5.41) is 12.0. The Morgan fingerprint density at radius 2 is 1.58 bits per heavy atom. The van der Waals surface area contributed by atoms with E-state index in [1.807, 2.05) is 0 Å². The molecule has 0 saturated carbocycles. The zero-order chi connectivity index (χ0) is 24.1. The summed E-state index contributed by atoms with van der Waals surface area (Å²) in [5.74, 6) is -11.0. The first-order valence-corrected chi connectivity index (χ1v) is 10.3. The quantitative estimate of drug-likeness (QED) is 0.473. The SMILES string of the molecule is C=C(N1[C@@H]2CC[C@H]1CC(O)C2)C(F)(F)c1cc(C(=O)Nc2cc(F)c(F)c(F)c2)ccc1F. The second-order valence-electron chi connectivity index (χ2n) is 8.34. The van der Waals surface area contributed by atoms with Crippen LogP contribution >= 0.6 is 0 Å². The topological polar surface area (TPSA) is 52.6 Å². The molecule has 1 unspecified atom stereocenters. The molecule has 3 atom stereocenters. The van der Waals surface area contributed by atoms with E-state index in [2.05, 4.69) is 11.9 Å². The fourth-order valence-corrected chi connectivity index (χ4v) is 4.64. The van der Waals surface area contributed by atoms with Gasteiger partial charge in [0.1, 0.15) is 5.82 Å². The first-order chi connectivity index (χ1) is 15.5. The number of alkyl halides is 2. The predicted octanol–water partition coefficient (Wildman–Crippen LogP) is 5.09. The molecule has 0 spiro atoms. The largest absolute Gasteiger partial charge is 0.393 e. The molecule has 1 amide bonds. The smallest absolute Gasteiger partial charge is 0.314 e. The standard InChI is InChI=1S/C23H20F6N2O2/c1-11(31-14-3-4-15(31)10-16(32)9-14)23(28,29)17-6-12(2-5-18(17)24)22(33)30-13-7-19(25)21(27)20(26)8-13/h2,5-8,14-16,32H,1,3-4,9-10H2,(H,30,33)/t14-,15+,16?. The van der Waals surface area contributed by atoms with Crippen LogP contribution in [0.3, 0.4) is 0 Å². The number of hydrogen-bond donors (Lipinski definition) is 2. The van der Waals surface area contributed by atoms with E-state index in [1.165, 1.54) is 4.90 Å². The van der Waals surface area contributed by atoms with Crippen LogP contribution in [0.2, 0.25) is 0 Å². The normalized spacial score (nSPS) is 22.4. The Morgan fingerprint density at radius 1 is 1.00 bits per heavy atom. The maximum atomic E-state index is 15.4. The van der Waals surface area contributed by atoms with Gasteiger partial charge in [0.15, 0.2) is 17.5 Å². The van der Waals surface area contributed by atoms with Crippen LogP contribution < -0.4 is 5.32 Å². The van der Waals surface area contributed by atoms with Crippen LogP contribution in [0, 0.1) is 23.3 Å². The highest BCUT2D eigenvalue weighted by molar-refractivity contribution is 6.04. The van der Waals surface area contributed by atoms with Gasteiger partial charge in [-0.15, -0.1) is 0 Å². The highest BCUT2D eigenvalue weighted by Crippen LogP contribution is 2.46. The zero-order valence-corrected chi connectivity index (χ0v) is 17.2. The van der Waals surface area contributed by atoms with E-state index in [4.69, 9.17) is 0 Å². The minimum atomic E-state index is -3.86. The van der Waals surface area contributed by atoms with E-state index >= 15 is 8.78 Å². The van der Waals surface area contributed by atoms with Gasteiger partial charge in [-0.1, -0.05) is 6.58 Å². The molecule has 2 aromatic carbocycles. The van der Waals surface area contributed by atoms with Crippen molar-refractivity contribution in [3.8, 4) is 0 Å². The molecule has 176 valence electrons. The molecular weight excluding hydrogens is 450 g/mol. The molecule has 2 heterocycles. The van der Waals surface area contributed by atoms with Gasteiger partial charge >= 0.3 is 5.92 Å². The van der Waals surface area contributed by atoms with Crippen LogP contribution in [0.5, 0.6) is 0 Å². The minimum absolute atomic E-state index is 0.307. The number of benzene rings is 2. The number of fused-ring (bicyclic) bond motifs is 2. The van der Waals surface area contributed by atoms with Crippen LogP contribution in [0.25, 0.3) is 0 Å². The Hall–Kier alpha value is -3.01. The van der Waals surface area contributed by atoms with Gasteiger partial charge in [-0.2, -0.15) is 8.78 Å². The highest BCUT2D eigenvalue weighted by atomic mass is 19.3. The lowest BCUT2D eigenvalue weighted by Gasteiger charge is -2.42. The van der Waals surface area contributed by atoms with Gasteiger partial charge in [0.25, 0.3) is 5.91 Å². The van der Waals surface area contributed by atoms with Crippen molar-refractivity contribution in [2.24, 2.45) is 0 Å². The van der Waals surface area contributed by atoms with Gasteiger partial charge < -0.3 is 15.3 Å². The average Bonchev–Trinajstić information content (AvgIpc) is 3.02. The molecule has 0 radical (unpaired) electrons. The van der Waals surface area contributed by atoms with Crippen molar-refractivity contribution in [1.82, 2.24) is 4.90 Å². The Bertz CT molecular complexity index is 1090. The van der Waals surface area contributed by atoms with Gasteiger partial charge in [-0.05, 0) is 43.9 Å². The van der Waals surface area contributed by atoms with Crippen molar-refractivity contribution >= 4 is 11.6 Å². The average molecular weight is 470 g/mol. The van der Waals surface area contributed by atoms with Gasteiger partial charge in [0.2, 0.25) is 0 Å². The van der Waals surface area contributed by atoms with Gasteiger partial charge in [0.05, 0.1) is 17.4 Å². The first-order valence-electron chi connectivity index (χ1n) is 10.3. The summed E-state index contributed by atoms with van der Waals surface area (Å²) in [6.45, 7) is 3.51. The van der Waals surface area contributed by atoms with E-state index in [-0.39, 0.29) is 12.1 Å². The molecule has 33 heavy (non-hydrogen) atoms. The van der Waals surface area contributed by atoms with Crippen molar-refractivity contribution in [2.75, 3.05) is 5.32 Å². The molecule has 0 aromatic heterocycles. The van der Waals surface area contributed by atoms with Gasteiger partial charge in [-0.25, -0.2) is 17.6 Å². The predicted molar refractivity (Wildman–Crippen MR) is 108 cm³/mol. The maximum absolute atomic E-state index is 15.4. The number of halogens is 6. The molecule has 10 heteroatoms. The Balaban J connectivity index is 1.60. The number of nitrogens with one attached hydrogen (secondary N) is 1. The van der Waals surface area contributed by atoms with Crippen molar-refractivity contribution < 1.29 is 36.2 Å². The van der Waals surface area contributed by atoms with Gasteiger partial charge in [-0.3, -0.25) is 4.79 Å². The summed E-state index contributed by atoms with van der Waals surface area (Å²) in [7, 11) is 0. The van der Waals surface area contributed by atoms with E-state index in [9.17, 15) is 27.5 Å². The Labute approximate surface area is 185 Å². The molecule has 2 N–H and O–H groups in total. The van der Waals surface area contributed by atoms with Crippen molar-refractivity contribution in [1.29, 1.82) is 0 Å². The fourth-order valence-electron chi connectivity index (χ4n) is 4.64. The molecule has 4 nitrogen and oxygen atoms in total. The molecular formula is C23H20F6N2O2. The number of rotatable bonds is 5. The minimum Gasteiger partial charge on any atom is -0.393 e. The van der Waals surface area contributed by atoms with E-state index in [0.29, 0.717) is 49.9 Å². The molecule has 2 saturated heterocycles. The van der Waals surface area contributed by atoms with Crippen LogP contribution in [0.1, 0.15) is 41.6 Å². The summed E-state index contributed by atoms with van der Waals surface area (Å²) < 4.78 is 85.0. The number of hydrogen-bond acceptors (Lipinski definition) is 3. The third-order valence-electron chi connectivity index (χ3n) is 6.19. The summed E-state index contributed by atoms with van der Waals surface area (Å²) in [6, 6.07) is 2.64. The number of aliphatic hydroxyl groups excluding tert-OH is 1. The molecule has 4 rings (SSSR count). The third kappa shape index (κ3) is 4.19. The van der Waals surface area contributed by atoms with Crippen molar-refractivity contribution in [3.63, 3.8) is 0 Å². The van der Waals surface area contributed by atoms with E-state index < -0.39 is 63.7 Å². The first kappa shape index (κ1) is 23.2. The molecule has 2 fully saturated rings. The van der Waals surface area contributed by atoms with Crippen LogP contribution in [0.15, 0.2) is 42.6 Å². The van der Waals surface area contributed by atoms with Gasteiger partial charge in [0, 0.05) is 35.5 Å². The second-order valence-corrected chi connectivity index (χ2v) is 8.34. The number of piperidine rings is 1. The van der Waals surface area contributed by atoms with Crippen molar-refractivity contribution in [2.45, 2.75) is 49.8 Å². The molecule has 2 aromatic rings. The molecule has 2 aliphatic heterocycles. The van der Waals surface area contributed by atoms with Crippen LogP contribution in [0.4, 0.5) is 32.0 Å². The molecule has 2 bridgehead atoms. The monoisotopic (exact) mass is 470 g/mol. The lowest BCUT2D eigenvalue weighted by Crippen LogP contribution is -2.47.